The van der Waals surface area contributed by atoms with E-state index in [1.165, 1.54) is 6.20 Å². The van der Waals surface area contributed by atoms with Crippen molar-refractivity contribution in [2.24, 2.45) is 5.73 Å². The molecule has 0 fully saturated rings. The lowest BCUT2D eigenvalue weighted by Gasteiger charge is -2.13. The molecule has 0 aliphatic heterocycles. The van der Waals surface area contributed by atoms with E-state index in [9.17, 15) is 4.79 Å². The topological polar surface area (TPSA) is 74.4 Å². The fourth-order valence-electron chi connectivity index (χ4n) is 2.49. The average molecular weight is 348 g/mol. The van der Waals surface area contributed by atoms with Crippen LogP contribution in [-0.4, -0.2) is 17.6 Å². The number of nitrogens with zero attached hydrogens (tertiary/aromatic N) is 1. The van der Waals surface area contributed by atoms with Crippen molar-refractivity contribution in [3.63, 3.8) is 0 Å². The van der Waals surface area contributed by atoms with Crippen LogP contribution in [0.5, 0.6) is 11.6 Å². The summed E-state index contributed by atoms with van der Waals surface area (Å²) in [5.41, 5.74) is 8.73. The van der Waals surface area contributed by atoms with Gasteiger partial charge in [0.15, 0.2) is 0 Å². The van der Waals surface area contributed by atoms with Gasteiger partial charge in [-0.3, -0.25) is 0 Å². The molecule has 2 aromatic carbocycles. The molecule has 0 saturated heterocycles. The lowest BCUT2D eigenvalue weighted by atomic mass is 10.00. The molecule has 1 heterocycles. The zero-order valence-corrected chi connectivity index (χ0v) is 14.5. The molecule has 1 unspecified atom stereocenters. The summed E-state index contributed by atoms with van der Waals surface area (Å²) in [6, 6.07) is 20.5. The second kappa shape index (κ2) is 8.27. The molecule has 0 saturated carbocycles. The van der Waals surface area contributed by atoms with Gasteiger partial charge in [0.05, 0.1) is 18.2 Å². The number of carbonyl (C=O) groups excluding carboxylic acids is 1. The van der Waals surface area contributed by atoms with Crippen LogP contribution in [0, 0.1) is 0 Å². The van der Waals surface area contributed by atoms with Gasteiger partial charge in [0.2, 0.25) is 5.88 Å². The number of aromatic nitrogens is 1. The Hall–Kier alpha value is -3.18. The first kappa shape index (κ1) is 17.6. The number of nitrogens with two attached hydrogens (primary N) is 1. The van der Waals surface area contributed by atoms with Crippen LogP contribution in [0.2, 0.25) is 0 Å². The Labute approximate surface area is 152 Å². The van der Waals surface area contributed by atoms with Crippen molar-refractivity contribution in [1.29, 1.82) is 0 Å². The van der Waals surface area contributed by atoms with Crippen molar-refractivity contribution < 1.29 is 14.3 Å². The van der Waals surface area contributed by atoms with E-state index in [1.807, 2.05) is 54.6 Å². The predicted octanol–water partition coefficient (Wildman–Crippen LogP) is 4.10. The Morgan fingerprint density at radius 2 is 1.69 bits per heavy atom. The molecule has 5 heteroatoms. The van der Waals surface area contributed by atoms with Crippen molar-refractivity contribution in [2.75, 3.05) is 6.61 Å². The van der Waals surface area contributed by atoms with Crippen LogP contribution in [0.25, 0.3) is 0 Å². The van der Waals surface area contributed by atoms with Crippen LogP contribution in [0.4, 0.5) is 0 Å². The summed E-state index contributed by atoms with van der Waals surface area (Å²) in [6.07, 6.45) is 1.44. The normalized spacial score (nSPS) is 11.6. The highest BCUT2D eigenvalue weighted by Gasteiger charge is 2.10. The molecule has 5 nitrogen and oxygen atoms in total. The number of benzene rings is 2. The first-order chi connectivity index (χ1) is 12.7. The summed E-state index contributed by atoms with van der Waals surface area (Å²) in [5, 5.41) is 0. The molecular formula is C21H20N2O3. The number of hydrogen-bond acceptors (Lipinski definition) is 5. The van der Waals surface area contributed by atoms with E-state index in [-0.39, 0.29) is 6.04 Å². The lowest BCUT2D eigenvalue weighted by Crippen LogP contribution is -2.11. The molecule has 0 spiro atoms. The number of esters is 1. The quantitative estimate of drug-likeness (QED) is 0.679. The van der Waals surface area contributed by atoms with E-state index in [4.69, 9.17) is 15.2 Å². The van der Waals surface area contributed by atoms with Crippen molar-refractivity contribution in [2.45, 2.75) is 13.0 Å². The third-order valence-electron chi connectivity index (χ3n) is 3.87. The van der Waals surface area contributed by atoms with Crippen molar-refractivity contribution in [1.82, 2.24) is 4.98 Å². The number of rotatable bonds is 6. The van der Waals surface area contributed by atoms with Crippen molar-refractivity contribution in [3.8, 4) is 11.6 Å². The Kier molecular flexibility index (Phi) is 5.61. The number of hydrogen-bond donors (Lipinski definition) is 1. The third-order valence-corrected chi connectivity index (χ3v) is 3.87. The van der Waals surface area contributed by atoms with Gasteiger partial charge in [-0.1, -0.05) is 42.5 Å². The number of carbonyl (C=O) groups is 1. The monoisotopic (exact) mass is 348 g/mol. The highest BCUT2D eigenvalue weighted by Crippen LogP contribution is 2.24. The fourth-order valence-corrected chi connectivity index (χ4v) is 2.49. The Bertz CT molecular complexity index is 847. The second-order valence-corrected chi connectivity index (χ2v) is 5.67. The molecule has 132 valence electrons. The van der Waals surface area contributed by atoms with Gasteiger partial charge in [-0.25, -0.2) is 9.78 Å². The first-order valence-electron chi connectivity index (χ1n) is 8.39. The van der Waals surface area contributed by atoms with E-state index in [2.05, 4.69) is 4.98 Å². The van der Waals surface area contributed by atoms with Crippen LogP contribution in [0.15, 0.2) is 72.9 Å². The summed E-state index contributed by atoms with van der Waals surface area (Å²) in [4.78, 5) is 15.8. The van der Waals surface area contributed by atoms with Crippen LogP contribution in [0.1, 0.15) is 34.5 Å². The maximum atomic E-state index is 11.6. The average Bonchev–Trinajstić information content (AvgIpc) is 2.69. The maximum Gasteiger partial charge on any atom is 0.339 e. The maximum absolute atomic E-state index is 11.6. The standard InChI is InChI=1S/C21H20N2O3/c1-2-25-21(24)17-10-13-19(23-14-17)26-18-11-8-16(9-12-18)20(22)15-6-4-3-5-7-15/h3-14,20H,2,22H2,1H3. The zero-order valence-electron chi connectivity index (χ0n) is 14.5. The molecular weight excluding hydrogens is 328 g/mol. The van der Waals surface area contributed by atoms with Gasteiger partial charge in [-0.15, -0.1) is 0 Å². The van der Waals surface area contributed by atoms with Gasteiger partial charge in [0.1, 0.15) is 5.75 Å². The van der Waals surface area contributed by atoms with Gasteiger partial charge >= 0.3 is 5.97 Å². The Morgan fingerprint density at radius 1 is 1.00 bits per heavy atom. The summed E-state index contributed by atoms with van der Waals surface area (Å²) in [7, 11) is 0. The van der Waals surface area contributed by atoms with Gasteiger partial charge in [0.25, 0.3) is 0 Å². The zero-order chi connectivity index (χ0) is 18.4. The van der Waals surface area contributed by atoms with Crippen LogP contribution >= 0.6 is 0 Å². The van der Waals surface area contributed by atoms with Crippen LogP contribution in [0.3, 0.4) is 0 Å². The lowest BCUT2D eigenvalue weighted by molar-refractivity contribution is 0.0526. The molecule has 1 atom stereocenters. The molecule has 3 rings (SSSR count). The molecule has 3 aromatic rings. The molecule has 0 radical (unpaired) electrons. The van der Waals surface area contributed by atoms with E-state index >= 15 is 0 Å². The number of ether oxygens (including phenoxy) is 2. The van der Waals surface area contributed by atoms with E-state index in [1.54, 1.807) is 19.1 Å². The minimum absolute atomic E-state index is 0.188. The minimum atomic E-state index is -0.397. The van der Waals surface area contributed by atoms with Crippen LogP contribution in [-0.2, 0) is 4.74 Å². The van der Waals surface area contributed by atoms with E-state index in [0.717, 1.165) is 11.1 Å². The molecule has 0 bridgehead atoms. The second-order valence-electron chi connectivity index (χ2n) is 5.67. The SMILES string of the molecule is CCOC(=O)c1ccc(Oc2ccc(C(N)c3ccccc3)cc2)nc1. The van der Waals surface area contributed by atoms with E-state index < -0.39 is 5.97 Å². The van der Waals surface area contributed by atoms with Gasteiger partial charge in [0, 0.05) is 12.3 Å². The fraction of sp³-hybridized carbons (Fsp3) is 0.143. The number of pyridine rings is 1. The van der Waals surface area contributed by atoms with Crippen molar-refractivity contribution in [3.05, 3.63) is 89.6 Å². The third kappa shape index (κ3) is 4.26. The van der Waals surface area contributed by atoms with Gasteiger partial charge in [-0.05, 0) is 36.2 Å². The minimum Gasteiger partial charge on any atom is -0.462 e. The first-order valence-corrected chi connectivity index (χ1v) is 8.39. The van der Waals surface area contributed by atoms with E-state index in [0.29, 0.717) is 23.8 Å². The molecule has 0 amide bonds. The smallest absolute Gasteiger partial charge is 0.339 e. The highest BCUT2D eigenvalue weighted by molar-refractivity contribution is 5.89. The summed E-state index contributed by atoms with van der Waals surface area (Å²) in [5.74, 6) is 0.648. The largest absolute Gasteiger partial charge is 0.462 e. The molecule has 26 heavy (non-hydrogen) atoms. The molecule has 1 aromatic heterocycles. The molecule has 0 aliphatic rings. The Morgan fingerprint density at radius 3 is 2.31 bits per heavy atom. The highest BCUT2D eigenvalue weighted by atomic mass is 16.5. The summed E-state index contributed by atoms with van der Waals surface area (Å²) < 4.78 is 10.6. The van der Waals surface area contributed by atoms with Gasteiger partial charge < -0.3 is 15.2 Å². The summed E-state index contributed by atoms with van der Waals surface area (Å²) >= 11 is 0. The van der Waals surface area contributed by atoms with Crippen LogP contribution < -0.4 is 10.5 Å². The Balaban J connectivity index is 1.67. The van der Waals surface area contributed by atoms with Crippen molar-refractivity contribution >= 4 is 5.97 Å². The van der Waals surface area contributed by atoms with Gasteiger partial charge in [-0.2, -0.15) is 0 Å². The predicted molar refractivity (Wildman–Crippen MR) is 99.2 cm³/mol. The molecule has 2 N–H and O–H groups in total. The summed E-state index contributed by atoms with van der Waals surface area (Å²) in [6.45, 7) is 2.09. The molecule has 0 aliphatic carbocycles.